The summed E-state index contributed by atoms with van der Waals surface area (Å²) in [5.74, 6) is 0.628. The molecule has 1 aliphatic rings. The third-order valence-electron chi connectivity index (χ3n) is 2.79. The van der Waals surface area contributed by atoms with E-state index >= 15 is 0 Å². The molecule has 5 nitrogen and oxygen atoms in total. The number of nitrogens with two attached hydrogens (primary N) is 1. The predicted octanol–water partition coefficient (Wildman–Crippen LogP) is 0.372. The smallest absolute Gasteiger partial charge is 0.222 e. The van der Waals surface area contributed by atoms with Crippen LogP contribution in [0.15, 0.2) is 17.0 Å². The van der Waals surface area contributed by atoms with Gasteiger partial charge in [0.05, 0.1) is 12.7 Å². The number of likely N-dealkylation sites (tertiary alicyclic amines) is 1. The summed E-state index contributed by atoms with van der Waals surface area (Å²) < 4.78 is 4.73. The Balaban J connectivity index is 1.97. The van der Waals surface area contributed by atoms with E-state index in [-0.39, 0.29) is 5.91 Å². The lowest BCUT2D eigenvalue weighted by Crippen LogP contribution is -2.41. The second kappa shape index (κ2) is 4.44. The van der Waals surface area contributed by atoms with Crippen molar-refractivity contribution in [1.82, 2.24) is 10.1 Å². The Labute approximate surface area is 88.2 Å². The Bertz CT molecular complexity index is 323. The summed E-state index contributed by atoms with van der Waals surface area (Å²) in [6.07, 6.45) is 4.72. The zero-order chi connectivity index (χ0) is 10.7. The van der Waals surface area contributed by atoms with E-state index in [9.17, 15) is 4.79 Å². The van der Waals surface area contributed by atoms with Crippen LogP contribution in [0.4, 0.5) is 0 Å². The zero-order valence-electron chi connectivity index (χ0n) is 8.56. The van der Waals surface area contributed by atoms with Gasteiger partial charge >= 0.3 is 0 Å². The Morgan fingerprint density at radius 2 is 2.53 bits per heavy atom. The molecule has 2 rings (SSSR count). The molecular formula is C10H15N3O2. The molecule has 1 aromatic rings. The van der Waals surface area contributed by atoms with E-state index in [0.717, 1.165) is 18.5 Å². The van der Waals surface area contributed by atoms with Crippen molar-refractivity contribution in [1.29, 1.82) is 0 Å². The van der Waals surface area contributed by atoms with Gasteiger partial charge in [0.2, 0.25) is 5.91 Å². The molecule has 0 aliphatic carbocycles. The summed E-state index contributed by atoms with van der Waals surface area (Å²) in [6, 6.07) is 0. The van der Waals surface area contributed by atoms with Gasteiger partial charge in [-0.2, -0.15) is 0 Å². The van der Waals surface area contributed by atoms with Gasteiger partial charge in [-0.3, -0.25) is 4.79 Å². The summed E-state index contributed by atoms with van der Waals surface area (Å²) in [6.45, 7) is 1.98. The van der Waals surface area contributed by atoms with Crippen molar-refractivity contribution in [2.75, 3.05) is 13.1 Å². The molecule has 15 heavy (non-hydrogen) atoms. The van der Waals surface area contributed by atoms with Crippen LogP contribution in [-0.4, -0.2) is 29.1 Å². The van der Waals surface area contributed by atoms with E-state index in [1.807, 2.05) is 4.90 Å². The molecule has 1 aliphatic heterocycles. The second-order valence-corrected chi connectivity index (χ2v) is 3.95. The molecular weight excluding hydrogens is 194 g/mol. The van der Waals surface area contributed by atoms with E-state index in [1.54, 1.807) is 12.5 Å². The van der Waals surface area contributed by atoms with Crippen LogP contribution in [0.5, 0.6) is 0 Å². The molecule has 0 bridgehead atoms. The van der Waals surface area contributed by atoms with Gasteiger partial charge in [-0.15, -0.1) is 0 Å². The molecule has 1 amide bonds. The number of carbonyl (C=O) groups excluding carboxylic acids is 1. The van der Waals surface area contributed by atoms with E-state index in [1.165, 1.54) is 0 Å². The van der Waals surface area contributed by atoms with Gasteiger partial charge in [0.1, 0.15) is 6.26 Å². The quantitative estimate of drug-likeness (QED) is 0.780. The number of carbonyl (C=O) groups is 1. The van der Waals surface area contributed by atoms with Crippen LogP contribution in [0.25, 0.3) is 0 Å². The average molecular weight is 209 g/mol. The van der Waals surface area contributed by atoms with Gasteiger partial charge in [-0.05, 0) is 18.9 Å². The Kier molecular flexibility index (Phi) is 3.01. The number of rotatable bonds is 3. The van der Waals surface area contributed by atoms with E-state index in [2.05, 4.69) is 5.16 Å². The van der Waals surface area contributed by atoms with Crippen molar-refractivity contribution >= 4 is 5.91 Å². The molecule has 1 saturated heterocycles. The first kappa shape index (κ1) is 10.2. The van der Waals surface area contributed by atoms with Gasteiger partial charge in [0.25, 0.3) is 0 Å². The lowest BCUT2D eigenvalue weighted by molar-refractivity contribution is -0.135. The van der Waals surface area contributed by atoms with Crippen LogP contribution in [0.3, 0.4) is 0 Å². The third-order valence-corrected chi connectivity index (χ3v) is 2.79. The minimum Gasteiger partial charge on any atom is -0.364 e. The standard InChI is InChI=1S/C10H15N3O2/c11-3-8-1-2-10(14)13(5-8)6-9-4-12-15-7-9/h4,7-8H,1-3,5-6,11H2. The summed E-state index contributed by atoms with van der Waals surface area (Å²) in [5, 5.41) is 3.61. The highest BCUT2D eigenvalue weighted by Crippen LogP contribution is 2.18. The molecule has 0 saturated carbocycles. The number of hydrogen-bond acceptors (Lipinski definition) is 4. The van der Waals surface area contributed by atoms with Gasteiger partial charge in [0, 0.05) is 18.5 Å². The van der Waals surface area contributed by atoms with Crippen molar-refractivity contribution in [2.45, 2.75) is 19.4 Å². The Morgan fingerprint density at radius 3 is 3.20 bits per heavy atom. The number of amides is 1. The number of hydrogen-bond donors (Lipinski definition) is 1. The van der Waals surface area contributed by atoms with Crippen molar-refractivity contribution in [3.05, 3.63) is 18.0 Å². The molecule has 0 radical (unpaired) electrons. The first-order chi connectivity index (χ1) is 7.29. The van der Waals surface area contributed by atoms with E-state index in [4.69, 9.17) is 10.3 Å². The summed E-state index contributed by atoms with van der Waals surface area (Å²) in [4.78, 5) is 13.4. The summed E-state index contributed by atoms with van der Waals surface area (Å²) in [7, 11) is 0. The van der Waals surface area contributed by atoms with Crippen LogP contribution in [0, 0.1) is 5.92 Å². The lowest BCUT2D eigenvalue weighted by Gasteiger charge is -2.31. The van der Waals surface area contributed by atoms with Crippen LogP contribution >= 0.6 is 0 Å². The highest BCUT2D eigenvalue weighted by molar-refractivity contribution is 5.76. The van der Waals surface area contributed by atoms with Gasteiger partial charge in [0.15, 0.2) is 0 Å². The summed E-state index contributed by atoms with van der Waals surface area (Å²) in [5.41, 5.74) is 6.55. The van der Waals surface area contributed by atoms with Gasteiger partial charge in [-0.25, -0.2) is 0 Å². The summed E-state index contributed by atoms with van der Waals surface area (Å²) >= 11 is 0. The fourth-order valence-electron chi connectivity index (χ4n) is 1.86. The molecule has 0 spiro atoms. The topological polar surface area (TPSA) is 72.4 Å². The van der Waals surface area contributed by atoms with Crippen LogP contribution < -0.4 is 5.73 Å². The van der Waals surface area contributed by atoms with Gasteiger partial charge in [-0.1, -0.05) is 5.16 Å². The highest BCUT2D eigenvalue weighted by Gasteiger charge is 2.24. The maximum atomic E-state index is 11.6. The molecule has 1 aromatic heterocycles. The Morgan fingerprint density at radius 1 is 1.67 bits per heavy atom. The van der Waals surface area contributed by atoms with Crippen molar-refractivity contribution in [2.24, 2.45) is 11.7 Å². The van der Waals surface area contributed by atoms with E-state index in [0.29, 0.717) is 25.4 Å². The van der Waals surface area contributed by atoms with Crippen molar-refractivity contribution in [3.8, 4) is 0 Å². The maximum absolute atomic E-state index is 11.6. The fraction of sp³-hybridized carbons (Fsp3) is 0.600. The molecule has 5 heteroatoms. The van der Waals surface area contributed by atoms with Crippen LogP contribution in [0.1, 0.15) is 18.4 Å². The number of aromatic nitrogens is 1. The second-order valence-electron chi connectivity index (χ2n) is 3.95. The fourth-order valence-corrected chi connectivity index (χ4v) is 1.86. The lowest BCUT2D eigenvalue weighted by atomic mass is 9.97. The van der Waals surface area contributed by atoms with Gasteiger partial charge < -0.3 is 15.2 Å². The first-order valence-electron chi connectivity index (χ1n) is 5.15. The minimum absolute atomic E-state index is 0.195. The molecule has 82 valence electrons. The SMILES string of the molecule is NCC1CCC(=O)N(Cc2cnoc2)C1. The molecule has 1 unspecified atom stereocenters. The van der Waals surface area contributed by atoms with Crippen LogP contribution in [-0.2, 0) is 11.3 Å². The largest absolute Gasteiger partial charge is 0.364 e. The highest BCUT2D eigenvalue weighted by atomic mass is 16.5. The monoisotopic (exact) mass is 209 g/mol. The minimum atomic E-state index is 0.195. The average Bonchev–Trinajstić information content (AvgIpc) is 2.74. The maximum Gasteiger partial charge on any atom is 0.222 e. The molecule has 2 heterocycles. The molecule has 1 atom stereocenters. The molecule has 0 aromatic carbocycles. The normalized spacial score (nSPS) is 22.1. The van der Waals surface area contributed by atoms with Crippen molar-refractivity contribution < 1.29 is 9.32 Å². The van der Waals surface area contributed by atoms with Crippen LogP contribution in [0.2, 0.25) is 0 Å². The van der Waals surface area contributed by atoms with E-state index < -0.39 is 0 Å². The number of piperidine rings is 1. The Hall–Kier alpha value is -1.36. The predicted molar refractivity (Wildman–Crippen MR) is 53.7 cm³/mol. The molecule has 2 N–H and O–H groups in total. The molecule has 1 fully saturated rings. The van der Waals surface area contributed by atoms with Crippen molar-refractivity contribution in [3.63, 3.8) is 0 Å². The zero-order valence-corrected chi connectivity index (χ0v) is 8.56. The first-order valence-corrected chi connectivity index (χ1v) is 5.15. The number of nitrogens with zero attached hydrogens (tertiary/aromatic N) is 2. The third kappa shape index (κ3) is 2.36.